The van der Waals surface area contributed by atoms with Gasteiger partial charge in [0.15, 0.2) is 0 Å². The molecular weight excluding hydrogens is 280 g/mol. The molecule has 0 aliphatic carbocycles. The summed E-state index contributed by atoms with van der Waals surface area (Å²) in [5, 5.41) is 11.9. The Morgan fingerprint density at radius 2 is 2.36 bits per heavy atom. The van der Waals surface area contributed by atoms with Crippen LogP contribution in [0, 0.1) is 5.92 Å². The molecule has 1 aromatic carbocycles. The van der Waals surface area contributed by atoms with Crippen LogP contribution in [0.1, 0.15) is 25.7 Å². The van der Waals surface area contributed by atoms with E-state index in [-0.39, 0.29) is 12.5 Å². The average molecular weight is 306 g/mol. The molecule has 0 saturated carbocycles. The predicted octanol–water partition coefficient (Wildman–Crippen LogP) is 2.12. The highest BCUT2D eigenvalue weighted by Gasteiger charge is 2.19. The highest BCUT2D eigenvalue weighted by atomic mass is 16.5. The van der Waals surface area contributed by atoms with E-state index in [1.807, 2.05) is 24.3 Å². The van der Waals surface area contributed by atoms with Crippen LogP contribution in [0.4, 0.5) is 5.69 Å². The van der Waals surface area contributed by atoms with Crippen molar-refractivity contribution in [1.29, 1.82) is 0 Å². The minimum atomic E-state index is 0.0255. The van der Waals surface area contributed by atoms with Gasteiger partial charge >= 0.3 is 0 Å². The van der Waals surface area contributed by atoms with Crippen LogP contribution in [0.15, 0.2) is 24.3 Å². The second-order valence-corrected chi connectivity index (χ2v) is 5.85. The molecule has 0 bridgehead atoms. The van der Waals surface area contributed by atoms with Crippen LogP contribution < -0.4 is 10.1 Å². The van der Waals surface area contributed by atoms with E-state index in [0.717, 1.165) is 43.9 Å². The van der Waals surface area contributed by atoms with Gasteiger partial charge in [0.25, 0.3) is 0 Å². The summed E-state index contributed by atoms with van der Waals surface area (Å²) in [5.74, 6) is 1.33. The number of hydrogen-bond donors (Lipinski definition) is 2. The molecular formula is C17H26N2O3. The van der Waals surface area contributed by atoms with Gasteiger partial charge in [-0.15, -0.1) is 0 Å². The number of piperidine rings is 1. The maximum absolute atomic E-state index is 12.0. The van der Waals surface area contributed by atoms with Crippen LogP contribution in [0.25, 0.3) is 0 Å². The number of anilines is 1. The number of aliphatic hydroxyl groups excluding tert-OH is 1. The molecule has 1 atom stereocenters. The third-order valence-electron chi connectivity index (χ3n) is 4.15. The molecule has 1 saturated heterocycles. The van der Waals surface area contributed by atoms with Crippen molar-refractivity contribution in [2.24, 2.45) is 5.92 Å². The molecule has 1 heterocycles. The van der Waals surface area contributed by atoms with Gasteiger partial charge in [-0.2, -0.15) is 0 Å². The summed E-state index contributed by atoms with van der Waals surface area (Å²) in [6, 6.07) is 7.39. The number of likely N-dealkylation sites (tertiary alicyclic amines) is 1. The fraction of sp³-hybridized carbons (Fsp3) is 0.588. The molecule has 0 radical (unpaired) electrons. The average Bonchev–Trinajstić information content (AvgIpc) is 2.54. The smallest absolute Gasteiger partial charge is 0.225 e. The number of carbonyl (C=O) groups excluding carboxylic acids is 1. The Morgan fingerprint density at radius 3 is 3.14 bits per heavy atom. The third-order valence-corrected chi connectivity index (χ3v) is 4.15. The zero-order chi connectivity index (χ0) is 15.8. The minimum absolute atomic E-state index is 0.0255. The highest BCUT2D eigenvalue weighted by molar-refractivity contribution is 5.91. The van der Waals surface area contributed by atoms with Crippen molar-refractivity contribution in [2.75, 3.05) is 38.7 Å². The maximum Gasteiger partial charge on any atom is 0.225 e. The monoisotopic (exact) mass is 306 g/mol. The van der Waals surface area contributed by atoms with Gasteiger partial charge in [-0.1, -0.05) is 6.07 Å². The number of amides is 1. The summed E-state index contributed by atoms with van der Waals surface area (Å²) in [6.07, 6.45) is 3.70. The summed E-state index contributed by atoms with van der Waals surface area (Å²) in [6.45, 7) is 3.08. The van der Waals surface area contributed by atoms with E-state index in [9.17, 15) is 4.79 Å². The molecule has 1 amide bonds. The van der Waals surface area contributed by atoms with E-state index in [0.29, 0.717) is 12.3 Å². The van der Waals surface area contributed by atoms with Gasteiger partial charge in [0.05, 0.1) is 7.11 Å². The van der Waals surface area contributed by atoms with Crippen molar-refractivity contribution in [1.82, 2.24) is 4.90 Å². The van der Waals surface area contributed by atoms with Crippen LogP contribution >= 0.6 is 0 Å². The van der Waals surface area contributed by atoms with Crippen molar-refractivity contribution in [3.63, 3.8) is 0 Å². The van der Waals surface area contributed by atoms with Gasteiger partial charge in [0.1, 0.15) is 5.75 Å². The minimum Gasteiger partial charge on any atom is -0.497 e. The first-order chi connectivity index (χ1) is 10.7. The number of benzene rings is 1. The largest absolute Gasteiger partial charge is 0.497 e. The molecule has 0 aromatic heterocycles. The summed E-state index contributed by atoms with van der Waals surface area (Å²) in [5.41, 5.74) is 0.765. The summed E-state index contributed by atoms with van der Waals surface area (Å²) >= 11 is 0. The molecule has 0 spiro atoms. The third kappa shape index (κ3) is 5.31. The number of hydrogen-bond acceptors (Lipinski definition) is 4. The SMILES string of the molecule is COc1cccc(NC(=O)CCN2CCC[C@H](CCO)C2)c1. The number of nitrogens with zero attached hydrogens (tertiary/aromatic N) is 1. The molecule has 1 fully saturated rings. The Kier molecular flexibility index (Phi) is 6.68. The topological polar surface area (TPSA) is 61.8 Å². The summed E-state index contributed by atoms with van der Waals surface area (Å²) in [7, 11) is 1.61. The number of nitrogens with one attached hydrogen (secondary N) is 1. The molecule has 5 nitrogen and oxygen atoms in total. The molecule has 1 aliphatic heterocycles. The molecule has 5 heteroatoms. The maximum atomic E-state index is 12.0. The van der Waals surface area contributed by atoms with Gasteiger partial charge in [-0.05, 0) is 43.9 Å². The van der Waals surface area contributed by atoms with Crippen molar-refractivity contribution < 1.29 is 14.6 Å². The van der Waals surface area contributed by atoms with Crippen molar-refractivity contribution in [2.45, 2.75) is 25.7 Å². The van der Waals surface area contributed by atoms with Crippen molar-refractivity contribution >= 4 is 11.6 Å². The Balaban J connectivity index is 1.75. The molecule has 122 valence electrons. The molecule has 2 N–H and O–H groups in total. The van der Waals surface area contributed by atoms with Gasteiger partial charge in [0, 0.05) is 37.9 Å². The molecule has 1 aliphatic rings. The lowest BCUT2D eigenvalue weighted by Gasteiger charge is -2.32. The molecule has 1 aromatic rings. The van der Waals surface area contributed by atoms with E-state index in [1.54, 1.807) is 7.11 Å². The van der Waals surface area contributed by atoms with Crippen LogP contribution in [-0.4, -0.2) is 49.3 Å². The van der Waals surface area contributed by atoms with Gasteiger partial charge in [-0.25, -0.2) is 0 Å². The first-order valence-corrected chi connectivity index (χ1v) is 7.98. The first-order valence-electron chi connectivity index (χ1n) is 7.98. The van der Waals surface area contributed by atoms with E-state index in [1.165, 1.54) is 6.42 Å². The summed E-state index contributed by atoms with van der Waals surface area (Å²) in [4.78, 5) is 14.4. The molecule has 2 rings (SSSR count). The van der Waals surface area contributed by atoms with E-state index in [4.69, 9.17) is 9.84 Å². The zero-order valence-electron chi connectivity index (χ0n) is 13.3. The van der Waals surface area contributed by atoms with Gasteiger partial charge < -0.3 is 20.1 Å². The quantitative estimate of drug-likeness (QED) is 0.810. The van der Waals surface area contributed by atoms with Crippen LogP contribution in [0.5, 0.6) is 5.75 Å². The fourth-order valence-corrected chi connectivity index (χ4v) is 2.96. The van der Waals surface area contributed by atoms with Gasteiger partial charge in [0.2, 0.25) is 5.91 Å². The Bertz CT molecular complexity index is 477. The van der Waals surface area contributed by atoms with Crippen LogP contribution in [-0.2, 0) is 4.79 Å². The normalized spacial score (nSPS) is 18.9. The number of ether oxygens (including phenoxy) is 1. The van der Waals surface area contributed by atoms with E-state index >= 15 is 0 Å². The lowest BCUT2D eigenvalue weighted by molar-refractivity contribution is -0.116. The second-order valence-electron chi connectivity index (χ2n) is 5.85. The Hall–Kier alpha value is -1.59. The second kappa shape index (κ2) is 8.76. The standard InChI is InChI=1S/C17H26N2O3/c1-22-16-6-2-5-15(12-16)18-17(21)7-10-19-9-3-4-14(13-19)8-11-20/h2,5-6,12,14,20H,3-4,7-11,13H2,1H3,(H,18,21)/t14-/m1/s1. The van der Waals surface area contributed by atoms with Crippen LogP contribution in [0.3, 0.4) is 0 Å². The number of carbonyl (C=O) groups is 1. The van der Waals surface area contributed by atoms with Crippen molar-refractivity contribution in [3.8, 4) is 5.75 Å². The molecule has 0 unspecified atom stereocenters. The van der Waals surface area contributed by atoms with E-state index in [2.05, 4.69) is 10.2 Å². The number of aliphatic hydroxyl groups is 1. The lowest BCUT2D eigenvalue weighted by atomic mass is 9.95. The number of methoxy groups -OCH3 is 1. The van der Waals surface area contributed by atoms with Crippen LogP contribution in [0.2, 0.25) is 0 Å². The number of rotatable bonds is 7. The Morgan fingerprint density at radius 1 is 1.50 bits per heavy atom. The Labute approximate surface area is 132 Å². The summed E-state index contributed by atoms with van der Waals surface area (Å²) < 4.78 is 5.15. The lowest BCUT2D eigenvalue weighted by Crippen LogP contribution is -2.37. The predicted molar refractivity (Wildman–Crippen MR) is 87.1 cm³/mol. The van der Waals surface area contributed by atoms with Gasteiger partial charge in [-0.3, -0.25) is 4.79 Å². The van der Waals surface area contributed by atoms with Crippen molar-refractivity contribution in [3.05, 3.63) is 24.3 Å². The molecule has 22 heavy (non-hydrogen) atoms. The van der Waals surface area contributed by atoms with E-state index < -0.39 is 0 Å². The zero-order valence-corrected chi connectivity index (χ0v) is 13.3. The highest BCUT2D eigenvalue weighted by Crippen LogP contribution is 2.20. The fourth-order valence-electron chi connectivity index (χ4n) is 2.96. The first kappa shape index (κ1) is 16.8.